The van der Waals surface area contributed by atoms with Crippen molar-refractivity contribution >= 4 is 21.8 Å². The van der Waals surface area contributed by atoms with E-state index in [1.165, 1.54) is 38.5 Å². The number of rotatable bonds is 1. The Balaban J connectivity index is 2.01. The molecule has 0 saturated carbocycles. The van der Waals surface area contributed by atoms with Crippen molar-refractivity contribution in [3.8, 4) is 11.1 Å². The average molecular weight is 299 g/mol. The number of aromatic amines is 1. The zero-order valence-corrected chi connectivity index (χ0v) is 13.9. The molecule has 0 bridgehead atoms. The summed E-state index contributed by atoms with van der Waals surface area (Å²) in [5.41, 5.74) is 6.49. The fraction of sp³-hybridized carbons (Fsp3) is 0.182. The van der Waals surface area contributed by atoms with Gasteiger partial charge in [0.05, 0.1) is 5.52 Å². The van der Waals surface area contributed by atoms with E-state index in [-0.39, 0.29) is 5.41 Å². The van der Waals surface area contributed by atoms with Crippen LogP contribution in [0.4, 0.5) is 0 Å². The number of benzene rings is 3. The molecule has 0 unspecified atom stereocenters. The molecule has 0 radical (unpaired) electrons. The normalized spacial score (nSPS) is 12.1. The zero-order valence-electron chi connectivity index (χ0n) is 13.9. The van der Waals surface area contributed by atoms with Gasteiger partial charge in [-0.05, 0) is 34.2 Å². The Kier molecular flexibility index (Phi) is 3.05. The molecular formula is C22H21N. The summed E-state index contributed by atoms with van der Waals surface area (Å²) in [6.07, 6.45) is 0. The predicted octanol–water partition coefficient (Wildman–Crippen LogP) is 6.29. The number of H-pyrrole nitrogens is 1. The summed E-state index contributed by atoms with van der Waals surface area (Å²) in [4.78, 5) is 3.63. The SMILES string of the molecule is CC(C)(C)c1cccc2c1[nH]c1ccc(-c3ccccc3)cc12. The van der Waals surface area contributed by atoms with Gasteiger partial charge < -0.3 is 4.98 Å². The lowest BCUT2D eigenvalue weighted by molar-refractivity contribution is 0.595. The number of hydrogen-bond donors (Lipinski definition) is 1. The summed E-state index contributed by atoms with van der Waals surface area (Å²) in [6, 6.07) is 23.9. The molecule has 1 heteroatoms. The standard InChI is InChI=1S/C22H21N/c1-22(2,3)19-11-7-10-17-18-14-16(15-8-5-4-6-9-15)12-13-20(18)23-21(17)19/h4-14,23H,1-3H3. The first-order valence-electron chi connectivity index (χ1n) is 8.14. The first-order chi connectivity index (χ1) is 11.0. The Morgan fingerprint density at radius 1 is 0.696 bits per heavy atom. The van der Waals surface area contributed by atoms with E-state index in [9.17, 15) is 0 Å². The Morgan fingerprint density at radius 2 is 1.48 bits per heavy atom. The number of fused-ring (bicyclic) bond motifs is 3. The molecule has 3 aromatic carbocycles. The lowest BCUT2D eigenvalue weighted by atomic mass is 9.85. The number of hydrogen-bond acceptors (Lipinski definition) is 0. The second kappa shape index (κ2) is 4.99. The van der Waals surface area contributed by atoms with Crippen LogP contribution in [0.5, 0.6) is 0 Å². The molecule has 1 N–H and O–H groups in total. The van der Waals surface area contributed by atoms with E-state index < -0.39 is 0 Å². The molecule has 0 spiro atoms. The Hall–Kier alpha value is -2.54. The van der Waals surface area contributed by atoms with Gasteiger partial charge in [-0.2, -0.15) is 0 Å². The maximum absolute atomic E-state index is 3.63. The minimum absolute atomic E-state index is 0.128. The third-order valence-corrected chi connectivity index (χ3v) is 4.55. The lowest BCUT2D eigenvalue weighted by Crippen LogP contribution is -2.11. The zero-order chi connectivity index (χ0) is 16.0. The maximum Gasteiger partial charge on any atom is 0.0502 e. The van der Waals surface area contributed by atoms with Crippen molar-refractivity contribution in [1.82, 2.24) is 4.98 Å². The van der Waals surface area contributed by atoms with Gasteiger partial charge in [-0.3, -0.25) is 0 Å². The summed E-state index contributed by atoms with van der Waals surface area (Å²) in [5, 5.41) is 2.61. The summed E-state index contributed by atoms with van der Waals surface area (Å²) < 4.78 is 0. The van der Waals surface area contributed by atoms with Gasteiger partial charge >= 0.3 is 0 Å². The summed E-state index contributed by atoms with van der Waals surface area (Å²) >= 11 is 0. The molecule has 23 heavy (non-hydrogen) atoms. The first kappa shape index (κ1) is 14.1. The van der Waals surface area contributed by atoms with Crippen LogP contribution in [0.2, 0.25) is 0 Å². The van der Waals surface area contributed by atoms with E-state index in [0.717, 1.165) is 0 Å². The van der Waals surface area contributed by atoms with Crippen molar-refractivity contribution in [3.05, 3.63) is 72.3 Å². The highest BCUT2D eigenvalue weighted by molar-refractivity contribution is 6.09. The molecular weight excluding hydrogens is 278 g/mol. The fourth-order valence-corrected chi connectivity index (χ4v) is 3.36. The van der Waals surface area contributed by atoms with Crippen molar-refractivity contribution in [3.63, 3.8) is 0 Å². The molecule has 114 valence electrons. The van der Waals surface area contributed by atoms with Gasteiger partial charge in [-0.1, -0.05) is 75.4 Å². The monoisotopic (exact) mass is 299 g/mol. The molecule has 0 saturated heterocycles. The predicted molar refractivity (Wildman–Crippen MR) is 99.9 cm³/mol. The van der Waals surface area contributed by atoms with E-state index >= 15 is 0 Å². The van der Waals surface area contributed by atoms with Crippen molar-refractivity contribution in [1.29, 1.82) is 0 Å². The largest absolute Gasteiger partial charge is 0.354 e. The minimum Gasteiger partial charge on any atom is -0.354 e. The van der Waals surface area contributed by atoms with E-state index in [0.29, 0.717) is 0 Å². The number of aromatic nitrogens is 1. The summed E-state index contributed by atoms with van der Waals surface area (Å²) in [7, 11) is 0. The molecule has 1 aromatic heterocycles. The van der Waals surface area contributed by atoms with Gasteiger partial charge in [0.1, 0.15) is 0 Å². The van der Waals surface area contributed by atoms with Crippen LogP contribution in [0.1, 0.15) is 26.3 Å². The highest BCUT2D eigenvalue weighted by atomic mass is 14.7. The van der Waals surface area contributed by atoms with Crippen LogP contribution in [0.3, 0.4) is 0 Å². The van der Waals surface area contributed by atoms with E-state index in [1.54, 1.807) is 0 Å². The van der Waals surface area contributed by atoms with E-state index in [2.05, 4.69) is 92.5 Å². The first-order valence-corrected chi connectivity index (χ1v) is 8.14. The lowest BCUT2D eigenvalue weighted by Gasteiger charge is -2.19. The van der Waals surface area contributed by atoms with Crippen LogP contribution < -0.4 is 0 Å². The number of para-hydroxylation sites is 1. The molecule has 4 aromatic rings. The molecule has 0 aliphatic carbocycles. The Morgan fingerprint density at radius 3 is 2.22 bits per heavy atom. The van der Waals surface area contributed by atoms with Crippen LogP contribution >= 0.6 is 0 Å². The van der Waals surface area contributed by atoms with Gasteiger partial charge in [0.25, 0.3) is 0 Å². The van der Waals surface area contributed by atoms with Crippen molar-refractivity contribution in [2.75, 3.05) is 0 Å². The van der Waals surface area contributed by atoms with Crippen LogP contribution in [0, 0.1) is 0 Å². The van der Waals surface area contributed by atoms with Gasteiger partial charge in [0.2, 0.25) is 0 Å². The Labute approximate surface area is 137 Å². The average Bonchev–Trinajstić information content (AvgIpc) is 2.92. The smallest absolute Gasteiger partial charge is 0.0502 e. The number of nitrogens with one attached hydrogen (secondary N) is 1. The molecule has 0 atom stereocenters. The minimum atomic E-state index is 0.128. The van der Waals surface area contributed by atoms with Gasteiger partial charge in [-0.15, -0.1) is 0 Å². The molecule has 4 rings (SSSR count). The third-order valence-electron chi connectivity index (χ3n) is 4.55. The third kappa shape index (κ3) is 2.33. The molecule has 1 heterocycles. The highest BCUT2D eigenvalue weighted by Crippen LogP contribution is 2.35. The molecule has 0 amide bonds. The van der Waals surface area contributed by atoms with Crippen LogP contribution in [-0.4, -0.2) is 4.98 Å². The van der Waals surface area contributed by atoms with E-state index in [1.807, 2.05) is 0 Å². The van der Waals surface area contributed by atoms with E-state index in [4.69, 9.17) is 0 Å². The quantitative estimate of drug-likeness (QED) is 0.425. The maximum atomic E-state index is 3.63. The van der Waals surface area contributed by atoms with Crippen molar-refractivity contribution in [2.45, 2.75) is 26.2 Å². The van der Waals surface area contributed by atoms with Crippen LogP contribution in [0.25, 0.3) is 32.9 Å². The fourth-order valence-electron chi connectivity index (χ4n) is 3.36. The van der Waals surface area contributed by atoms with Gasteiger partial charge in [0, 0.05) is 16.3 Å². The van der Waals surface area contributed by atoms with Gasteiger partial charge in [0.15, 0.2) is 0 Å². The summed E-state index contributed by atoms with van der Waals surface area (Å²) in [5.74, 6) is 0. The van der Waals surface area contributed by atoms with Crippen LogP contribution in [-0.2, 0) is 5.41 Å². The van der Waals surface area contributed by atoms with Gasteiger partial charge in [-0.25, -0.2) is 0 Å². The molecule has 1 nitrogen and oxygen atoms in total. The molecule has 0 aliphatic heterocycles. The molecule has 0 aliphatic rings. The van der Waals surface area contributed by atoms with Crippen LogP contribution in [0.15, 0.2) is 66.7 Å². The topological polar surface area (TPSA) is 15.8 Å². The summed E-state index contributed by atoms with van der Waals surface area (Å²) in [6.45, 7) is 6.80. The highest BCUT2D eigenvalue weighted by Gasteiger charge is 2.18. The van der Waals surface area contributed by atoms with Crippen molar-refractivity contribution in [2.24, 2.45) is 0 Å². The second-order valence-corrected chi connectivity index (χ2v) is 7.23. The molecule has 0 fully saturated rings. The Bertz CT molecular complexity index is 985. The van der Waals surface area contributed by atoms with Crippen molar-refractivity contribution < 1.29 is 0 Å². The second-order valence-electron chi connectivity index (χ2n) is 7.23.